The van der Waals surface area contributed by atoms with Gasteiger partial charge in [-0.1, -0.05) is 41.9 Å². The number of anilines is 1. The Morgan fingerprint density at radius 2 is 1.96 bits per heavy atom. The molecule has 122 valence electrons. The number of aliphatic hydroxyl groups is 1. The van der Waals surface area contributed by atoms with Crippen LogP contribution in [0.25, 0.3) is 0 Å². The van der Waals surface area contributed by atoms with E-state index in [1.807, 2.05) is 37.3 Å². The largest absolute Gasteiger partial charge is 0.396 e. The van der Waals surface area contributed by atoms with Gasteiger partial charge < -0.3 is 15.7 Å². The molecule has 0 saturated carbocycles. The number of amides is 2. The second kappa shape index (κ2) is 8.56. The molecular formula is C18H21ClN2O2. The fraction of sp³-hybridized carbons (Fsp3) is 0.278. The van der Waals surface area contributed by atoms with E-state index in [1.165, 1.54) is 0 Å². The zero-order chi connectivity index (χ0) is 16.7. The molecule has 2 aromatic carbocycles. The number of hydrogen-bond donors (Lipinski definition) is 3. The van der Waals surface area contributed by atoms with Crippen LogP contribution in [0, 0.1) is 6.92 Å². The maximum Gasteiger partial charge on any atom is 0.319 e. The summed E-state index contributed by atoms with van der Waals surface area (Å²) in [6.45, 7) is 1.99. The Morgan fingerprint density at radius 1 is 1.22 bits per heavy atom. The molecule has 1 atom stereocenters. The fourth-order valence-electron chi connectivity index (χ4n) is 2.39. The zero-order valence-corrected chi connectivity index (χ0v) is 13.8. The molecule has 0 saturated heterocycles. The number of aliphatic hydroxyl groups excluding tert-OH is 1. The normalized spacial score (nSPS) is 11.8. The first-order chi connectivity index (χ1) is 11.1. The quantitative estimate of drug-likeness (QED) is 0.739. The molecule has 2 aromatic rings. The molecule has 0 fully saturated rings. The van der Waals surface area contributed by atoms with Crippen LogP contribution in [0.2, 0.25) is 5.02 Å². The van der Waals surface area contributed by atoms with Gasteiger partial charge in [0.2, 0.25) is 0 Å². The second-order valence-electron chi connectivity index (χ2n) is 5.39. The number of carbonyl (C=O) groups excluding carboxylic acids is 1. The van der Waals surface area contributed by atoms with Crippen LogP contribution < -0.4 is 10.6 Å². The molecule has 23 heavy (non-hydrogen) atoms. The number of aryl methyl sites for hydroxylation is 1. The van der Waals surface area contributed by atoms with Crippen molar-refractivity contribution in [3.05, 3.63) is 64.7 Å². The maximum absolute atomic E-state index is 12.3. The van der Waals surface area contributed by atoms with Gasteiger partial charge in [0.25, 0.3) is 0 Å². The van der Waals surface area contributed by atoms with Crippen LogP contribution in [-0.2, 0) is 0 Å². The lowest BCUT2D eigenvalue weighted by Gasteiger charge is -2.20. The second-order valence-corrected chi connectivity index (χ2v) is 5.82. The Bertz CT molecular complexity index is 647. The Hall–Kier alpha value is -2.04. The summed E-state index contributed by atoms with van der Waals surface area (Å²) < 4.78 is 0. The number of carbonyl (C=O) groups is 1. The van der Waals surface area contributed by atoms with E-state index >= 15 is 0 Å². The van der Waals surface area contributed by atoms with Crippen molar-refractivity contribution in [2.24, 2.45) is 0 Å². The minimum Gasteiger partial charge on any atom is -0.396 e. The van der Waals surface area contributed by atoms with Gasteiger partial charge in [-0.15, -0.1) is 0 Å². The van der Waals surface area contributed by atoms with Crippen LogP contribution in [0.4, 0.5) is 10.5 Å². The van der Waals surface area contributed by atoms with Crippen LogP contribution in [0.3, 0.4) is 0 Å². The van der Waals surface area contributed by atoms with Gasteiger partial charge in [-0.25, -0.2) is 4.79 Å². The summed E-state index contributed by atoms with van der Waals surface area (Å²) in [5, 5.41) is 15.5. The van der Waals surface area contributed by atoms with Crippen LogP contribution in [-0.4, -0.2) is 17.7 Å². The van der Waals surface area contributed by atoms with Gasteiger partial charge in [-0.3, -0.25) is 0 Å². The van der Waals surface area contributed by atoms with E-state index in [9.17, 15) is 4.79 Å². The highest BCUT2D eigenvalue weighted by molar-refractivity contribution is 6.30. The summed E-state index contributed by atoms with van der Waals surface area (Å²) in [5.74, 6) is 0. The van der Waals surface area contributed by atoms with Crippen LogP contribution in [0.5, 0.6) is 0 Å². The molecule has 0 aromatic heterocycles. The first-order valence-electron chi connectivity index (χ1n) is 7.59. The first-order valence-corrected chi connectivity index (χ1v) is 7.97. The molecule has 3 N–H and O–H groups in total. The number of halogens is 1. The van der Waals surface area contributed by atoms with Crippen molar-refractivity contribution in [3.63, 3.8) is 0 Å². The predicted octanol–water partition coefficient (Wildman–Crippen LogP) is 4.28. The Morgan fingerprint density at radius 3 is 2.61 bits per heavy atom. The standard InChI is InChI=1S/C18H21ClN2O2/c1-13-12-15(19)9-10-16(13)20-18(23)21-17(8-5-11-22)14-6-3-2-4-7-14/h2-4,6-7,9-10,12,17,22H,5,8,11H2,1H3,(H2,20,21,23). The highest BCUT2D eigenvalue weighted by Crippen LogP contribution is 2.21. The van der Waals surface area contributed by atoms with E-state index in [0.29, 0.717) is 17.9 Å². The van der Waals surface area contributed by atoms with Gasteiger partial charge in [-0.05, 0) is 49.1 Å². The van der Waals surface area contributed by atoms with Gasteiger partial charge in [0.1, 0.15) is 0 Å². The average Bonchev–Trinajstić information content (AvgIpc) is 2.55. The third-order valence-electron chi connectivity index (χ3n) is 3.59. The molecule has 0 aliphatic carbocycles. The van der Waals surface area contributed by atoms with Crippen molar-refractivity contribution in [1.29, 1.82) is 0 Å². The van der Waals surface area contributed by atoms with E-state index in [0.717, 1.165) is 16.8 Å². The molecule has 0 bridgehead atoms. The fourth-order valence-corrected chi connectivity index (χ4v) is 2.61. The first kappa shape index (κ1) is 17.3. The summed E-state index contributed by atoms with van der Waals surface area (Å²) in [5.41, 5.74) is 2.64. The Kier molecular flexibility index (Phi) is 6.44. The molecule has 1 unspecified atom stereocenters. The summed E-state index contributed by atoms with van der Waals surface area (Å²) in [6.07, 6.45) is 1.30. The summed E-state index contributed by atoms with van der Waals surface area (Å²) in [7, 11) is 0. The topological polar surface area (TPSA) is 61.4 Å². The van der Waals surface area contributed by atoms with Crippen LogP contribution in [0.1, 0.15) is 30.0 Å². The molecular weight excluding hydrogens is 312 g/mol. The predicted molar refractivity (Wildman–Crippen MR) is 93.8 cm³/mol. The maximum atomic E-state index is 12.3. The van der Waals surface area contributed by atoms with Gasteiger partial charge in [-0.2, -0.15) is 0 Å². The lowest BCUT2D eigenvalue weighted by Crippen LogP contribution is -2.33. The Labute approximate surface area is 141 Å². The molecule has 2 rings (SSSR count). The summed E-state index contributed by atoms with van der Waals surface area (Å²) in [6, 6.07) is 14.6. The van der Waals surface area contributed by atoms with E-state index in [-0.39, 0.29) is 18.7 Å². The molecule has 0 aliphatic heterocycles. The van der Waals surface area contributed by atoms with Crippen LogP contribution in [0.15, 0.2) is 48.5 Å². The van der Waals surface area contributed by atoms with Gasteiger partial charge >= 0.3 is 6.03 Å². The van der Waals surface area contributed by atoms with Gasteiger partial charge in [0.05, 0.1) is 6.04 Å². The number of nitrogens with one attached hydrogen (secondary N) is 2. The van der Waals surface area contributed by atoms with E-state index in [2.05, 4.69) is 10.6 Å². The molecule has 4 nitrogen and oxygen atoms in total. The molecule has 0 radical (unpaired) electrons. The van der Waals surface area contributed by atoms with E-state index < -0.39 is 0 Å². The van der Waals surface area contributed by atoms with Crippen molar-refractivity contribution < 1.29 is 9.90 Å². The van der Waals surface area contributed by atoms with E-state index in [4.69, 9.17) is 16.7 Å². The third-order valence-corrected chi connectivity index (χ3v) is 3.83. The van der Waals surface area contributed by atoms with Crippen molar-refractivity contribution in [3.8, 4) is 0 Å². The molecule has 5 heteroatoms. The van der Waals surface area contributed by atoms with Gasteiger partial charge in [0.15, 0.2) is 0 Å². The van der Waals surface area contributed by atoms with Crippen molar-refractivity contribution >= 4 is 23.3 Å². The number of benzene rings is 2. The number of urea groups is 1. The highest BCUT2D eigenvalue weighted by Gasteiger charge is 2.14. The molecule has 0 heterocycles. The lowest BCUT2D eigenvalue weighted by molar-refractivity contribution is 0.244. The minimum atomic E-state index is -0.276. The third kappa shape index (κ3) is 5.27. The number of hydrogen-bond acceptors (Lipinski definition) is 2. The molecule has 2 amide bonds. The lowest BCUT2D eigenvalue weighted by atomic mass is 10.0. The average molecular weight is 333 g/mol. The smallest absolute Gasteiger partial charge is 0.319 e. The summed E-state index contributed by atoms with van der Waals surface area (Å²) >= 11 is 5.92. The van der Waals surface area contributed by atoms with Crippen molar-refractivity contribution in [2.45, 2.75) is 25.8 Å². The highest BCUT2D eigenvalue weighted by atomic mass is 35.5. The van der Waals surface area contributed by atoms with Crippen molar-refractivity contribution in [2.75, 3.05) is 11.9 Å². The Balaban J connectivity index is 2.05. The molecule has 0 spiro atoms. The number of rotatable bonds is 6. The van der Waals surface area contributed by atoms with Crippen molar-refractivity contribution in [1.82, 2.24) is 5.32 Å². The SMILES string of the molecule is Cc1cc(Cl)ccc1NC(=O)NC(CCCO)c1ccccc1. The minimum absolute atomic E-state index is 0.100. The molecule has 0 aliphatic rings. The summed E-state index contributed by atoms with van der Waals surface area (Å²) in [4.78, 5) is 12.3. The van der Waals surface area contributed by atoms with E-state index in [1.54, 1.807) is 18.2 Å². The monoisotopic (exact) mass is 332 g/mol. The van der Waals surface area contributed by atoms with Gasteiger partial charge in [0, 0.05) is 17.3 Å². The van der Waals surface area contributed by atoms with Crippen LogP contribution >= 0.6 is 11.6 Å². The zero-order valence-electron chi connectivity index (χ0n) is 13.1.